The summed E-state index contributed by atoms with van der Waals surface area (Å²) in [5.41, 5.74) is 0.813. The Morgan fingerprint density at radius 3 is 2.55 bits per heavy atom. The van der Waals surface area contributed by atoms with Gasteiger partial charge in [-0.2, -0.15) is 0 Å². The Labute approximate surface area is 123 Å². The lowest BCUT2D eigenvalue weighted by Gasteiger charge is -2.13. The van der Waals surface area contributed by atoms with Crippen molar-refractivity contribution in [3.05, 3.63) is 41.6 Å². The molecule has 0 spiro atoms. The van der Waals surface area contributed by atoms with Crippen LogP contribution in [0.2, 0.25) is 5.02 Å². The third-order valence-electron chi connectivity index (χ3n) is 2.55. The smallest absolute Gasteiger partial charge is 0.143 e. The molecule has 20 heavy (non-hydrogen) atoms. The molecular formula is C15H17ClN2O2. The number of rotatable bonds is 6. The fourth-order valence-corrected chi connectivity index (χ4v) is 1.84. The summed E-state index contributed by atoms with van der Waals surface area (Å²) in [6.07, 6.45) is 1.59. The molecule has 0 aliphatic heterocycles. The second kappa shape index (κ2) is 7.01. The van der Waals surface area contributed by atoms with Gasteiger partial charge in [0.1, 0.15) is 17.3 Å². The first-order valence-corrected chi connectivity index (χ1v) is 6.89. The number of nitrogens with zero attached hydrogens (tertiary/aromatic N) is 1. The van der Waals surface area contributed by atoms with Crippen LogP contribution in [0.25, 0.3) is 0 Å². The quantitative estimate of drug-likeness (QED) is 0.863. The van der Waals surface area contributed by atoms with Crippen molar-refractivity contribution in [2.45, 2.75) is 13.8 Å². The molecule has 1 N–H and O–H groups in total. The minimum absolute atomic E-state index is 0.594. The highest BCUT2D eigenvalue weighted by Crippen LogP contribution is 2.31. The van der Waals surface area contributed by atoms with Gasteiger partial charge in [0.25, 0.3) is 0 Å². The molecule has 0 aliphatic carbocycles. The van der Waals surface area contributed by atoms with Crippen LogP contribution >= 0.6 is 11.6 Å². The largest absolute Gasteiger partial charge is 0.494 e. The summed E-state index contributed by atoms with van der Waals surface area (Å²) in [6, 6.07) is 9.25. The molecule has 4 nitrogen and oxygen atoms in total. The van der Waals surface area contributed by atoms with Crippen molar-refractivity contribution in [1.29, 1.82) is 0 Å². The van der Waals surface area contributed by atoms with Crippen LogP contribution in [-0.2, 0) is 0 Å². The molecular weight excluding hydrogens is 276 g/mol. The van der Waals surface area contributed by atoms with Crippen LogP contribution < -0.4 is 14.8 Å². The SMILES string of the molecule is CCOc1ccc(OCC)c(Nc2ccc(Cl)cn2)c1. The highest BCUT2D eigenvalue weighted by atomic mass is 35.5. The summed E-state index contributed by atoms with van der Waals surface area (Å²) in [6.45, 7) is 5.11. The maximum absolute atomic E-state index is 5.83. The fraction of sp³-hybridized carbons (Fsp3) is 0.267. The van der Waals surface area contributed by atoms with Gasteiger partial charge in [0.2, 0.25) is 0 Å². The molecule has 2 aromatic rings. The van der Waals surface area contributed by atoms with Crippen molar-refractivity contribution in [3.8, 4) is 11.5 Å². The molecule has 1 aromatic heterocycles. The van der Waals surface area contributed by atoms with E-state index in [1.54, 1.807) is 12.3 Å². The number of aromatic nitrogens is 1. The summed E-state index contributed by atoms with van der Waals surface area (Å²) in [7, 11) is 0. The molecule has 0 saturated heterocycles. The van der Waals surface area contributed by atoms with Crippen molar-refractivity contribution in [1.82, 2.24) is 4.98 Å². The highest BCUT2D eigenvalue weighted by Gasteiger charge is 2.07. The zero-order chi connectivity index (χ0) is 14.4. The van der Waals surface area contributed by atoms with Crippen LogP contribution in [0.5, 0.6) is 11.5 Å². The van der Waals surface area contributed by atoms with Crippen LogP contribution in [0.15, 0.2) is 36.5 Å². The number of ether oxygens (including phenoxy) is 2. The second-order valence-electron chi connectivity index (χ2n) is 4.01. The van der Waals surface area contributed by atoms with Crippen molar-refractivity contribution < 1.29 is 9.47 Å². The summed E-state index contributed by atoms with van der Waals surface area (Å²) >= 11 is 5.83. The number of hydrogen-bond donors (Lipinski definition) is 1. The first-order chi connectivity index (χ1) is 9.72. The normalized spacial score (nSPS) is 10.2. The first-order valence-electron chi connectivity index (χ1n) is 6.51. The molecule has 0 saturated carbocycles. The van der Waals surface area contributed by atoms with E-state index < -0.39 is 0 Å². The zero-order valence-electron chi connectivity index (χ0n) is 11.5. The molecule has 0 amide bonds. The van der Waals surface area contributed by atoms with E-state index in [0.29, 0.717) is 24.1 Å². The maximum Gasteiger partial charge on any atom is 0.143 e. The summed E-state index contributed by atoms with van der Waals surface area (Å²) < 4.78 is 11.1. The van der Waals surface area contributed by atoms with E-state index in [2.05, 4.69) is 10.3 Å². The third kappa shape index (κ3) is 3.78. The van der Waals surface area contributed by atoms with E-state index in [0.717, 1.165) is 17.2 Å². The number of anilines is 2. The van der Waals surface area contributed by atoms with Crippen LogP contribution in [0, 0.1) is 0 Å². The third-order valence-corrected chi connectivity index (χ3v) is 2.78. The van der Waals surface area contributed by atoms with Gasteiger partial charge in [-0.05, 0) is 38.1 Å². The van der Waals surface area contributed by atoms with Crippen molar-refractivity contribution >= 4 is 23.1 Å². The molecule has 0 radical (unpaired) electrons. The van der Waals surface area contributed by atoms with Gasteiger partial charge in [-0.15, -0.1) is 0 Å². The van der Waals surface area contributed by atoms with Crippen molar-refractivity contribution in [3.63, 3.8) is 0 Å². The standard InChI is InChI=1S/C15H17ClN2O2/c1-3-19-12-6-7-14(20-4-2)13(9-12)18-15-8-5-11(16)10-17-15/h5-10H,3-4H2,1-2H3,(H,17,18). The van der Waals surface area contributed by atoms with Crippen LogP contribution in [0.1, 0.15) is 13.8 Å². The molecule has 0 fully saturated rings. The lowest BCUT2D eigenvalue weighted by Crippen LogP contribution is -2.00. The first kappa shape index (κ1) is 14.5. The summed E-state index contributed by atoms with van der Waals surface area (Å²) in [5, 5.41) is 3.81. The van der Waals surface area contributed by atoms with Crippen LogP contribution in [-0.4, -0.2) is 18.2 Å². The van der Waals surface area contributed by atoms with E-state index in [1.165, 1.54) is 0 Å². The molecule has 1 aromatic carbocycles. The van der Waals surface area contributed by atoms with E-state index in [4.69, 9.17) is 21.1 Å². The van der Waals surface area contributed by atoms with Gasteiger partial charge in [0.05, 0.1) is 23.9 Å². The molecule has 5 heteroatoms. The van der Waals surface area contributed by atoms with Gasteiger partial charge in [-0.1, -0.05) is 11.6 Å². The molecule has 106 valence electrons. The Bertz CT molecular complexity index is 558. The Morgan fingerprint density at radius 1 is 1.10 bits per heavy atom. The van der Waals surface area contributed by atoms with E-state index in [-0.39, 0.29) is 0 Å². The maximum atomic E-state index is 5.83. The zero-order valence-corrected chi connectivity index (χ0v) is 12.3. The monoisotopic (exact) mass is 292 g/mol. The molecule has 0 bridgehead atoms. The van der Waals surface area contributed by atoms with Gasteiger partial charge in [-0.25, -0.2) is 4.98 Å². The average Bonchev–Trinajstić information content (AvgIpc) is 2.45. The number of pyridine rings is 1. The van der Waals surface area contributed by atoms with Crippen LogP contribution in [0.3, 0.4) is 0 Å². The van der Waals surface area contributed by atoms with Gasteiger partial charge in [0.15, 0.2) is 0 Å². The Balaban J connectivity index is 2.26. The van der Waals surface area contributed by atoms with Gasteiger partial charge < -0.3 is 14.8 Å². The lowest BCUT2D eigenvalue weighted by atomic mass is 10.2. The van der Waals surface area contributed by atoms with E-state index in [9.17, 15) is 0 Å². The molecule has 2 rings (SSSR count). The Kier molecular flexibility index (Phi) is 5.07. The molecule has 0 unspecified atom stereocenters. The number of hydrogen-bond acceptors (Lipinski definition) is 4. The predicted molar refractivity (Wildman–Crippen MR) is 81.3 cm³/mol. The second-order valence-corrected chi connectivity index (χ2v) is 4.45. The van der Waals surface area contributed by atoms with E-state index >= 15 is 0 Å². The van der Waals surface area contributed by atoms with Gasteiger partial charge in [-0.3, -0.25) is 0 Å². The number of benzene rings is 1. The van der Waals surface area contributed by atoms with Gasteiger partial charge in [0, 0.05) is 12.3 Å². The fourth-order valence-electron chi connectivity index (χ4n) is 1.73. The van der Waals surface area contributed by atoms with E-state index in [1.807, 2.05) is 38.1 Å². The molecule has 0 atom stereocenters. The number of nitrogens with one attached hydrogen (secondary N) is 1. The lowest BCUT2D eigenvalue weighted by molar-refractivity contribution is 0.332. The van der Waals surface area contributed by atoms with Crippen LogP contribution in [0.4, 0.5) is 11.5 Å². The molecule has 0 aliphatic rings. The predicted octanol–water partition coefficient (Wildman–Crippen LogP) is 4.28. The molecule has 1 heterocycles. The van der Waals surface area contributed by atoms with Crippen molar-refractivity contribution in [2.24, 2.45) is 0 Å². The topological polar surface area (TPSA) is 43.4 Å². The highest BCUT2D eigenvalue weighted by molar-refractivity contribution is 6.30. The van der Waals surface area contributed by atoms with Gasteiger partial charge >= 0.3 is 0 Å². The Hall–Kier alpha value is -1.94. The number of halogens is 1. The minimum Gasteiger partial charge on any atom is -0.494 e. The summed E-state index contributed by atoms with van der Waals surface area (Å²) in [5.74, 6) is 2.24. The minimum atomic E-state index is 0.594. The van der Waals surface area contributed by atoms with Crippen molar-refractivity contribution in [2.75, 3.05) is 18.5 Å². The summed E-state index contributed by atoms with van der Waals surface area (Å²) in [4.78, 5) is 4.21. The average molecular weight is 293 g/mol. The Morgan fingerprint density at radius 2 is 1.90 bits per heavy atom.